The van der Waals surface area contributed by atoms with Gasteiger partial charge in [0.25, 0.3) is 10.0 Å². The van der Waals surface area contributed by atoms with E-state index in [0.717, 1.165) is 22.4 Å². The summed E-state index contributed by atoms with van der Waals surface area (Å²) < 4.78 is 26.6. The van der Waals surface area contributed by atoms with Gasteiger partial charge in [0.1, 0.15) is 0 Å². The molecule has 0 N–H and O–H groups in total. The van der Waals surface area contributed by atoms with Crippen LogP contribution >= 0.6 is 0 Å². The monoisotopic (exact) mass is 263 g/mol. The third-order valence-corrected chi connectivity index (χ3v) is 4.89. The minimum Gasteiger partial charge on any atom is -0.246 e. The van der Waals surface area contributed by atoms with Crippen molar-refractivity contribution in [3.8, 4) is 0 Å². The molecule has 0 saturated heterocycles. The van der Waals surface area contributed by atoms with Gasteiger partial charge in [-0.05, 0) is 56.5 Å². The normalized spacial score (nSPS) is 11.8. The third kappa shape index (κ3) is 2.08. The molecular weight excluding hydrogens is 246 g/mol. The summed E-state index contributed by atoms with van der Waals surface area (Å²) in [7, 11) is -3.49. The van der Waals surface area contributed by atoms with Gasteiger partial charge in [-0.1, -0.05) is 12.1 Å². The highest BCUT2D eigenvalue weighted by Crippen LogP contribution is 2.22. The molecule has 0 spiro atoms. The van der Waals surface area contributed by atoms with Crippen LogP contribution < -0.4 is 0 Å². The number of hydrogen-bond donors (Lipinski definition) is 0. The van der Waals surface area contributed by atoms with E-state index in [4.69, 9.17) is 0 Å². The fourth-order valence-corrected chi connectivity index (χ4v) is 3.83. The maximum absolute atomic E-state index is 12.6. The van der Waals surface area contributed by atoms with Crippen LogP contribution in [0.2, 0.25) is 0 Å². The summed E-state index contributed by atoms with van der Waals surface area (Å²) in [4.78, 5) is 0.376. The van der Waals surface area contributed by atoms with Crippen LogP contribution in [0.25, 0.3) is 0 Å². The average molecular weight is 263 g/mol. The van der Waals surface area contributed by atoms with E-state index in [1.54, 1.807) is 19.2 Å². The van der Waals surface area contributed by atoms with Crippen LogP contribution in [0.15, 0.2) is 35.4 Å². The Morgan fingerprint density at radius 3 is 2.17 bits per heavy atom. The molecule has 0 fully saturated rings. The summed E-state index contributed by atoms with van der Waals surface area (Å²) in [6.07, 6.45) is 1.66. The van der Waals surface area contributed by atoms with E-state index in [-0.39, 0.29) is 0 Å². The molecule has 96 valence electrons. The first-order valence-corrected chi connectivity index (χ1v) is 7.25. The summed E-state index contributed by atoms with van der Waals surface area (Å²) in [5, 5.41) is 0. The van der Waals surface area contributed by atoms with E-state index in [1.165, 1.54) is 3.97 Å². The number of nitrogens with zero attached hydrogens (tertiary/aromatic N) is 1. The molecule has 0 aliphatic heterocycles. The number of hydrogen-bond acceptors (Lipinski definition) is 2. The van der Waals surface area contributed by atoms with E-state index in [2.05, 4.69) is 0 Å². The lowest BCUT2D eigenvalue weighted by Crippen LogP contribution is -2.14. The van der Waals surface area contributed by atoms with Crippen LogP contribution in [0.1, 0.15) is 22.4 Å². The van der Waals surface area contributed by atoms with Crippen molar-refractivity contribution in [1.29, 1.82) is 0 Å². The maximum Gasteiger partial charge on any atom is 0.268 e. The molecular formula is C14H17NO2S. The number of aryl methyl sites for hydroxylation is 4. The van der Waals surface area contributed by atoms with Crippen LogP contribution in [-0.2, 0) is 10.0 Å². The highest BCUT2D eigenvalue weighted by Gasteiger charge is 2.20. The summed E-state index contributed by atoms with van der Waals surface area (Å²) in [5.41, 5.74) is 3.39. The molecule has 0 aliphatic carbocycles. The molecule has 1 aromatic carbocycles. The Morgan fingerprint density at radius 1 is 0.944 bits per heavy atom. The largest absolute Gasteiger partial charge is 0.268 e. The number of aromatic nitrogens is 1. The van der Waals surface area contributed by atoms with Gasteiger partial charge in [0.05, 0.1) is 4.90 Å². The topological polar surface area (TPSA) is 39.1 Å². The Morgan fingerprint density at radius 2 is 1.61 bits per heavy atom. The van der Waals surface area contributed by atoms with Crippen LogP contribution in [0, 0.1) is 27.7 Å². The van der Waals surface area contributed by atoms with Gasteiger partial charge in [-0.3, -0.25) is 0 Å². The zero-order chi connectivity index (χ0) is 13.5. The SMILES string of the molecule is Cc1ccc(C)c(S(=O)(=O)n2cc(C)cc2C)c1. The third-order valence-electron chi connectivity index (χ3n) is 2.99. The Balaban J connectivity index is 2.69. The standard InChI is InChI=1S/C14H17NO2S/c1-10-5-6-12(3)14(8-10)18(16,17)15-9-11(2)7-13(15)4/h5-9H,1-4H3. The van der Waals surface area contributed by atoms with Crippen molar-refractivity contribution >= 4 is 10.0 Å². The van der Waals surface area contributed by atoms with Crippen LogP contribution in [0.4, 0.5) is 0 Å². The fraction of sp³-hybridized carbons (Fsp3) is 0.286. The highest BCUT2D eigenvalue weighted by molar-refractivity contribution is 7.90. The lowest BCUT2D eigenvalue weighted by molar-refractivity contribution is 0.585. The zero-order valence-corrected chi connectivity index (χ0v) is 11.9. The van der Waals surface area contributed by atoms with Crippen molar-refractivity contribution in [2.24, 2.45) is 0 Å². The fourth-order valence-electron chi connectivity index (χ4n) is 2.07. The van der Waals surface area contributed by atoms with Crippen molar-refractivity contribution in [3.05, 3.63) is 52.8 Å². The highest BCUT2D eigenvalue weighted by atomic mass is 32.2. The molecule has 0 unspecified atom stereocenters. The zero-order valence-electron chi connectivity index (χ0n) is 11.1. The van der Waals surface area contributed by atoms with Crippen LogP contribution in [-0.4, -0.2) is 12.4 Å². The van der Waals surface area contributed by atoms with Gasteiger partial charge in [-0.2, -0.15) is 0 Å². The Hall–Kier alpha value is -1.55. The lowest BCUT2D eigenvalue weighted by Gasteiger charge is -2.11. The van der Waals surface area contributed by atoms with Gasteiger partial charge in [-0.25, -0.2) is 12.4 Å². The van der Waals surface area contributed by atoms with E-state index >= 15 is 0 Å². The molecule has 0 amide bonds. The molecule has 0 aliphatic rings. The number of rotatable bonds is 2. The second kappa shape index (κ2) is 4.28. The smallest absolute Gasteiger partial charge is 0.246 e. The Labute approximate surface area is 108 Å². The summed E-state index contributed by atoms with van der Waals surface area (Å²) in [5.74, 6) is 0. The van der Waals surface area contributed by atoms with Crippen molar-refractivity contribution in [3.63, 3.8) is 0 Å². The van der Waals surface area contributed by atoms with Crippen LogP contribution in [0.5, 0.6) is 0 Å². The van der Waals surface area contributed by atoms with E-state index < -0.39 is 10.0 Å². The lowest BCUT2D eigenvalue weighted by atomic mass is 10.2. The van der Waals surface area contributed by atoms with Crippen molar-refractivity contribution in [2.45, 2.75) is 32.6 Å². The molecule has 0 bridgehead atoms. The van der Waals surface area contributed by atoms with Gasteiger partial charge in [0.15, 0.2) is 0 Å². The minimum absolute atomic E-state index is 0.376. The summed E-state index contributed by atoms with van der Waals surface area (Å²) in [6.45, 7) is 7.40. The first kappa shape index (κ1) is 12.9. The minimum atomic E-state index is -3.49. The van der Waals surface area contributed by atoms with Crippen molar-refractivity contribution in [1.82, 2.24) is 3.97 Å². The molecule has 1 aromatic heterocycles. The molecule has 0 atom stereocenters. The molecule has 4 heteroatoms. The first-order valence-electron chi connectivity index (χ1n) is 5.81. The number of benzene rings is 1. The quantitative estimate of drug-likeness (QED) is 0.835. The molecule has 1 heterocycles. The maximum atomic E-state index is 12.6. The van der Waals surface area contributed by atoms with Crippen molar-refractivity contribution in [2.75, 3.05) is 0 Å². The van der Waals surface area contributed by atoms with Gasteiger partial charge >= 0.3 is 0 Å². The Kier molecular flexibility index (Phi) is 3.07. The van der Waals surface area contributed by atoms with E-state index in [9.17, 15) is 8.42 Å². The van der Waals surface area contributed by atoms with Gasteiger partial charge in [0.2, 0.25) is 0 Å². The molecule has 18 heavy (non-hydrogen) atoms. The summed E-state index contributed by atoms with van der Waals surface area (Å²) in [6, 6.07) is 7.35. The van der Waals surface area contributed by atoms with Crippen LogP contribution in [0.3, 0.4) is 0 Å². The van der Waals surface area contributed by atoms with E-state index in [1.807, 2.05) is 39.0 Å². The second-order valence-electron chi connectivity index (χ2n) is 4.73. The summed E-state index contributed by atoms with van der Waals surface area (Å²) >= 11 is 0. The van der Waals surface area contributed by atoms with Gasteiger partial charge in [0, 0.05) is 11.9 Å². The van der Waals surface area contributed by atoms with Gasteiger partial charge < -0.3 is 0 Å². The van der Waals surface area contributed by atoms with Crippen molar-refractivity contribution < 1.29 is 8.42 Å². The molecule has 0 saturated carbocycles. The average Bonchev–Trinajstić information content (AvgIpc) is 2.62. The second-order valence-corrected chi connectivity index (χ2v) is 6.51. The predicted octanol–water partition coefficient (Wildman–Crippen LogP) is 2.96. The molecule has 0 radical (unpaired) electrons. The molecule has 2 rings (SSSR count). The predicted molar refractivity (Wildman–Crippen MR) is 72.4 cm³/mol. The Bertz CT molecular complexity index is 697. The van der Waals surface area contributed by atoms with E-state index in [0.29, 0.717) is 4.90 Å². The first-order chi connectivity index (χ1) is 8.32. The molecule has 2 aromatic rings. The molecule has 3 nitrogen and oxygen atoms in total. The van der Waals surface area contributed by atoms with Gasteiger partial charge in [-0.15, -0.1) is 0 Å².